The second-order valence-corrected chi connectivity index (χ2v) is 8.78. The zero-order valence-corrected chi connectivity index (χ0v) is 18.3. The number of hydrogen-bond donors (Lipinski definition) is 2. The predicted molar refractivity (Wildman–Crippen MR) is 121 cm³/mol. The van der Waals surface area contributed by atoms with Crippen molar-refractivity contribution in [3.8, 4) is 11.3 Å². The Balaban J connectivity index is 1.80. The van der Waals surface area contributed by atoms with Crippen molar-refractivity contribution in [2.24, 2.45) is 5.14 Å². The highest BCUT2D eigenvalue weighted by atomic mass is 35.5. The van der Waals surface area contributed by atoms with Crippen LogP contribution in [-0.2, 0) is 22.3 Å². The van der Waals surface area contributed by atoms with Crippen LogP contribution in [0.4, 0.5) is 11.5 Å². The number of anilines is 2. The van der Waals surface area contributed by atoms with Crippen LogP contribution >= 0.6 is 23.2 Å². The summed E-state index contributed by atoms with van der Waals surface area (Å²) in [6, 6.07) is 17.5. The van der Waals surface area contributed by atoms with Crippen molar-refractivity contribution in [2.75, 3.05) is 17.3 Å². The maximum atomic E-state index is 11.3. The van der Waals surface area contributed by atoms with Crippen LogP contribution in [0.2, 0.25) is 0 Å². The van der Waals surface area contributed by atoms with E-state index in [4.69, 9.17) is 28.3 Å². The molecule has 7 nitrogen and oxygen atoms in total. The number of nitrogens with zero attached hydrogens (tertiary/aromatic N) is 3. The lowest BCUT2D eigenvalue weighted by Crippen LogP contribution is -2.19. The monoisotopic (exact) mass is 465 g/mol. The smallest absolute Gasteiger partial charge is 0.213 e. The molecule has 3 rings (SSSR count). The molecule has 0 saturated heterocycles. The molecule has 158 valence electrons. The van der Waals surface area contributed by atoms with Crippen LogP contribution in [0, 0.1) is 0 Å². The zero-order valence-electron chi connectivity index (χ0n) is 16.0. The highest BCUT2D eigenvalue weighted by molar-refractivity contribution is 7.88. The third-order valence-corrected chi connectivity index (χ3v) is 5.61. The molecule has 0 fully saturated rings. The molecule has 2 aromatic carbocycles. The van der Waals surface area contributed by atoms with Crippen LogP contribution in [0.3, 0.4) is 0 Å². The van der Waals surface area contributed by atoms with Gasteiger partial charge in [0, 0.05) is 23.9 Å². The normalized spacial score (nSPS) is 11.6. The van der Waals surface area contributed by atoms with Gasteiger partial charge in [-0.25, -0.2) is 23.5 Å². The molecule has 0 aliphatic carbocycles. The van der Waals surface area contributed by atoms with Crippen molar-refractivity contribution in [3.05, 3.63) is 72.1 Å². The minimum absolute atomic E-state index is 0.230. The first kappa shape index (κ1) is 22.5. The van der Waals surface area contributed by atoms with E-state index in [9.17, 15) is 8.42 Å². The van der Waals surface area contributed by atoms with Gasteiger partial charge in [-0.2, -0.15) is 0 Å². The fourth-order valence-electron chi connectivity index (χ4n) is 2.91. The first-order chi connectivity index (χ1) is 14.4. The molecule has 0 aliphatic heterocycles. The second-order valence-electron chi connectivity index (χ2n) is 6.69. The Kier molecular flexibility index (Phi) is 7.63. The molecule has 0 amide bonds. The highest BCUT2D eigenvalue weighted by Crippen LogP contribution is 2.23. The average molecular weight is 466 g/mol. The molecule has 0 radical (unpaired) electrons. The molecule has 3 N–H and O–H groups in total. The number of alkyl halides is 2. The minimum Gasteiger partial charge on any atom is -0.340 e. The summed E-state index contributed by atoms with van der Waals surface area (Å²) >= 11 is 11.8. The van der Waals surface area contributed by atoms with E-state index in [0.717, 1.165) is 16.8 Å². The van der Waals surface area contributed by atoms with Gasteiger partial charge < -0.3 is 5.32 Å². The lowest BCUT2D eigenvalue weighted by molar-refractivity contribution is 0.363. The van der Waals surface area contributed by atoms with Gasteiger partial charge in [0.2, 0.25) is 10.0 Å². The van der Waals surface area contributed by atoms with Crippen molar-refractivity contribution in [2.45, 2.75) is 12.3 Å². The van der Waals surface area contributed by atoms with E-state index in [2.05, 4.69) is 15.3 Å². The van der Waals surface area contributed by atoms with E-state index in [0.29, 0.717) is 35.6 Å². The van der Waals surface area contributed by atoms with Crippen LogP contribution in [0.5, 0.6) is 0 Å². The average Bonchev–Trinajstić information content (AvgIpc) is 2.71. The van der Waals surface area contributed by atoms with Crippen molar-refractivity contribution < 1.29 is 8.42 Å². The predicted octanol–water partition coefficient (Wildman–Crippen LogP) is 3.87. The summed E-state index contributed by atoms with van der Waals surface area (Å²) < 4.78 is 22.6. The Morgan fingerprint density at radius 2 is 1.70 bits per heavy atom. The maximum absolute atomic E-state index is 11.3. The number of aromatic nitrogens is 2. The zero-order chi connectivity index (χ0) is 21.6. The summed E-state index contributed by atoms with van der Waals surface area (Å²) in [7, 11) is -3.60. The Bertz CT molecular complexity index is 1110. The summed E-state index contributed by atoms with van der Waals surface area (Å²) in [6.07, 6.45) is 1.47. The third kappa shape index (κ3) is 6.65. The molecular weight excluding hydrogens is 445 g/mol. The molecule has 0 aliphatic rings. The molecule has 1 aromatic heterocycles. The first-order valence-corrected chi connectivity index (χ1v) is 11.8. The fourth-order valence-corrected chi connectivity index (χ4v) is 3.98. The molecule has 3 aromatic rings. The van der Waals surface area contributed by atoms with Crippen molar-refractivity contribution in [1.82, 2.24) is 14.9 Å². The minimum atomic E-state index is -3.60. The number of halogens is 2. The quantitative estimate of drug-likeness (QED) is 0.367. The third-order valence-electron chi connectivity index (χ3n) is 4.20. The summed E-state index contributed by atoms with van der Waals surface area (Å²) in [5, 5.41) is 8.30. The first-order valence-electron chi connectivity index (χ1n) is 8.98. The van der Waals surface area contributed by atoms with Crippen LogP contribution in [-0.4, -0.2) is 35.3 Å². The van der Waals surface area contributed by atoms with E-state index in [1.165, 1.54) is 6.33 Å². The molecule has 0 unspecified atom stereocenters. The molecule has 10 heteroatoms. The summed E-state index contributed by atoms with van der Waals surface area (Å²) in [4.78, 5) is 10.5. The molecular formula is C20H21Cl2N5O2S. The van der Waals surface area contributed by atoms with Crippen LogP contribution < -0.4 is 10.5 Å². The van der Waals surface area contributed by atoms with Crippen molar-refractivity contribution in [1.29, 1.82) is 0 Å². The Labute approximate surface area is 185 Å². The summed E-state index contributed by atoms with van der Waals surface area (Å²) in [6.45, 7) is 0.633. The fraction of sp³-hybridized carbons (Fsp3) is 0.200. The van der Waals surface area contributed by atoms with E-state index in [1.54, 1.807) is 18.2 Å². The lowest BCUT2D eigenvalue weighted by Gasteiger charge is -2.16. The van der Waals surface area contributed by atoms with E-state index >= 15 is 0 Å². The summed E-state index contributed by atoms with van der Waals surface area (Å²) in [5.74, 6) is 0.354. The van der Waals surface area contributed by atoms with Gasteiger partial charge in [0.15, 0.2) is 0 Å². The van der Waals surface area contributed by atoms with E-state index in [1.807, 2.05) is 41.3 Å². The van der Waals surface area contributed by atoms with Gasteiger partial charge in [-0.3, -0.25) is 4.90 Å². The van der Waals surface area contributed by atoms with Gasteiger partial charge >= 0.3 is 0 Å². The lowest BCUT2D eigenvalue weighted by atomic mass is 10.1. The maximum Gasteiger partial charge on any atom is 0.213 e. The van der Waals surface area contributed by atoms with Gasteiger partial charge in [0.25, 0.3) is 0 Å². The number of rotatable bonds is 9. The van der Waals surface area contributed by atoms with E-state index < -0.39 is 10.0 Å². The van der Waals surface area contributed by atoms with Crippen molar-refractivity contribution in [3.63, 3.8) is 0 Å². The molecule has 0 saturated carbocycles. The standard InChI is InChI=1S/C20H21Cl2N5O2S/c21-12-27(13-22)10-15-3-1-5-17(7-15)19-9-20(25-14-24-19)26-18-6-2-4-16(8-18)11-30(23,28)29/h1-9,14H,10-13H2,(H2,23,28,29)(H,24,25,26). The van der Waals surface area contributed by atoms with Crippen LogP contribution in [0.25, 0.3) is 11.3 Å². The molecule has 0 spiro atoms. The van der Waals surface area contributed by atoms with Crippen LogP contribution in [0.1, 0.15) is 11.1 Å². The van der Waals surface area contributed by atoms with Gasteiger partial charge in [0.1, 0.15) is 12.1 Å². The van der Waals surface area contributed by atoms with Crippen molar-refractivity contribution >= 4 is 44.7 Å². The largest absolute Gasteiger partial charge is 0.340 e. The molecule has 1 heterocycles. The topological polar surface area (TPSA) is 101 Å². The molecule has 30 heavy (non-hydrogen) atoms. The van der Waals surface area contributed by atoms with Gasteiger partial charge in [-0.15, -0.1) is 23.2 Å². The number of hydrogen-bond acceptors (Lipinski definition) is 6. The Morgan fingerprint density at radius 1 is 0.967 bits per heavy atom. The van der Waals surface area contributed by atoms with E-state index in [-0.39, 0.29) is 5.75 Å². The second kappa shape index (κ2) is 10.2. The summed E-state index contributed by atoms with van der Waals surface area (Å²) in [5.41, 5.74) is 4.04. The number of primary sulfonamides is 1. The van der Waals surface area contributed by atoms with Gasteiger partial charge in [-0.1, -0.05) is 30.3 Å². The molecule has 0 atom stereocenters. The Hall–Kier alpha value is -2.23. The number of nitrogens with two attached hydrogens (primary N) is 1. The number of nitrogens with one attached hydrogen (secondary N) is 1. The number of sulfonamides is 1. The Morgan fingerprint density at radius 3 is 2.43 bits per heavy atom. The van der Waals surface area contributed by atoms with Crippen LogP contribution in [0.15, 0.2) is 60.9 Å². The highest BCUT2D eigenvalue weighted by Gasteiger charge is 2.08. The number of benzene rings is 2. The van der Waals surface area contributed by atoms with Gasteiger partial charge in [-0.05, 0) is 29.3 Å². The SMILES string of the molecule is NS(=O)(=O)Cc1cccc(Nc2cc(-c3cccc(CN(CCl)CCl)c3)ncn2)c1. The van der Waals surface area contributed by atoms with Gasteiger partial charge in [0.05, 0.1) is 23.5 Å². The molecule has 0 bridgehead atoms.